The minimum Gasteiger partial charge on any atom is -0.478 e. The average Bonchev–Trinajstić information content (AvgIpc) is 2.70. The van der Waals surface area contributed by atoms with Gasteiger partial charge in [-0.2, -0.15) is 13.2 Å². The Hall–Kier alpha value is -2.39. The molecule has 1 saturated heterocycles. The first-order chi connectivity index (χ1) is 14.5. The molecule has 1 fully saturated rings. The lowest BCUT2D eigenvalue weighted by Gasteiger charge is -2.35. The van der Waals surface area contributed by atoms with Gasteiger partial charge in [0.2, 0.25) is 0 Å². The van der Waals surface area contributed by atoms with Gasteiger partial charge in [-0.1, -0.05) is 32.0 Å². The van der Waals surface area contributed by atoms with Gasteiger partial charge < -0.3 is 15.5 Å². The second kappa shape index (κ2) is 13.1. The summed E-state index contributed by atoms with van der Waals surface area (Å²) in [5.41, 5.74) is -0.106. The predicted molar refractivity (Wildman–Crippen MR) is 112 cm³/mol. The SMILES string of the molecule is CC(C)CCN(Cc1ccccc1C(F)(F)F)C1CCNCC1.O=C(O)C=CC(=O)O. The number of hydrogen-bond acceptors (Lipinski definition) is 4. The Morgan fingerprint density at radius 3 is 2.16 bits per heavy atom. The topological polar surface area (TPSA) is 89.9 Å². The van der Waals surface area contributed by atoms with E-state index in [4.69, 9.17) is 10.2 Å². The molecular weight excluding hydrogens is 413 g/mol. The van der Waals surface area contributed by atoms with Crippen molar-refractivity contribution in [3.8, 4) is 0 Å². The number of carboxylic acids is 2. The molecule has 6 nitrogen and oxygen atoms in total. The monoisotopic (exact) mass is 444 g/mol. The molecule has 3 N–H and O–H groups in total. The highest BCUT2D eigenvalue weighted by Gasteiger charge is 2.33. The summed E-state index contributed by atoms with van der Waals surface area (Å²) in [5.74, 6) is -1.96. The summed E-state index contributed by atoms with van der Waals surface area (Å²) in [5, 5.41) is 19.0. The minimum absolute atomic E-state index is 0.372. The summed E-state index contributed by atoms with van der Waals surface area (Å²) in [6.45, 7) is 7.45. The summed E-state index contributed by atoms with van der Waals surface area (Å²) in [6.07, 6.45) is -0.143. The van der Waals surface area contributed by atoms with E-state index in [0.717, 1.165) is 38.9 Å². The van der Waals surface area contributed by atoms with Crippen LogP contribution in [-0.4, -0.2) is 52.7 Å². The fourth-order valence-corrected chi connectivity index (χ4v) is 3.28. The molecule has 0 spiro atoms. The van der Waals surface area contributed by atoms with Crippen LogP contribution in [0.25, 0.3) is 0 Å². The molecule has 9 heteroatoms. The van der Waals surface area contributed by atoms with Crippen molar-refractivity contribution in [3.05, 3.63) is 47.5 Å². The van der Waals surface area contributed by atoms with Gasteiger partial charge >= 0.3 is 18.1 Å². The van der Waals surface area contributed by atoms with Crippen molar-refractivity contribution in [3.63, 3.8) is 0 Å². The number of hydrogen-bond donors (Lipinski definition) is 3. The number of rotatable bonds is 8. The zero-order valence-corrected chi connectivity index (χ0v) is 17.9. The Bertz CT molecular complexity index is 714. The Morgan fingerprint density at radius 1 is 1.13 bits per heavy atom. The van der Waals surface area contributed by atoms with Crippen molar-refractivity contribution in [1.29, 1.82) is 0 Å². The van der Waals surface area contributed by atoms with Crippen molar-refractivity contribution in [2.45, 2.75) is 51.9 Å². The van der Waals surface area contributed by atoms with E-state index in [9.17, 15) is 22.8 Å². The number of carbonyl (C=O) groups is 2. The van der Waals surface area contributed by atoms with Crippen LogP contribution in [-0.2, 0) is 22.3 Å². The van der Waals surface area contributed by atoms with Gasteiger partial charge in [0, 0.05) is 24.7 Å². The van der Waals surface area contributed by atoms with Gasteiger partial charge in [-0.15, -0.1) is 0 Å². The van der Waals surface area contributed by atoms with E-state index < -0.39 is 23.7 Å². The predicted octanol–water partition coefficient (Wildman–Crippen LogP) is 4.02. The lowest BCUT2D eigenvalue weighted by Crippen LogP contribution is -2.43. The zero-order chi connectivity index (χ0) is 23.4. The number of carboxylic acid groups (broad SMARTS) is 2. The molecule has 0 amide bonds. The lowest BCUT2D eigenvalue weighted by molar-refractivity contribution is -0.138. The van der Waals surface area contributed by atoms with E-state index in [1.54, 1.807) is 12.1 Å². The van der Waals surface area contributed by atoms with Crippen LogP contribution < -0.4 is 5.32 Å². The number of aliphatic carboxylic acids is 2. The fraction of sp³-hybridized carbons (Fsp3) is 0.545. The van der Waals surface area contributed by atoms with Crippen LogP contribution in [0.2, 0.25) is 0 Å². The van der Waals surface area contributed by atoms with Gasteiger partial charge in [0.15, 0.2) is 0 Å². The molecule has 174 valence electrons. The van der Waals surface area contributed by atoms with Crippen molar-refractivity contribution in [1.82, 2.24) is 10.2 Å². The van der Waals surface area contributed by atoms with Crippen LogP contribution in [0, 0.1) is 5.92 Å². The molecule has 0 radical (unpaired) electrons. The first-order valence-electron chi connectivity index (χ1n) is 10.2. The summed E-state index contributed by atoms with van der Waals surface area (Å²) in [7, 11) is 0. The number of piperidine rings is 1. The molecule has 1 aromatic rings. The number of alkyl halides is 3. The van der Waals surface area contributed by atoms with E-state index in [2.05, 4.69) is 24.1 Å². The third-order valence-corrected chi connectivity index (χ3v) is 4.88. The number of benzene rings is 1. The summed E-state index contributed by atoms with van der Waals surface area (Å²) in [6, 6.07) is 6.35. The van der Waals surface area contributed by atoms with Crippen LogP contribution in [0.5, 0.6) is 0 Å². The van der Waals surface area contributed by atoms with Crippen molar-refractivity contribution in [2.75, 3.05) is 19.6 Å². The first-order valence-corrected chi connectivity index (χ1v) is 10.2. The Labute approximate surface area is 180 Å². The lowest BCUT2D eigenvalue weighted by atomic mass is 10.00. The second-order valence-corrected chi connectivity index (χ2v) is 7.80. The standard InChI is InChI=1S/C18H27F3N2.C4H4O4/c1-14(2)9-12-23(16-7-10-22-11-8-16)13-15-5-3-4-6-17(15)18(19,20)21;5-3(6)1-2-4(7)8/h3-6,14,16,22H,7-13H2,1-2H3;1-2H,(H,5,6)(H,7,8). The van der Waals surface area contributed by atoms with Gasteiger partial charge in [0.25, 0.3) is 0 Å². The average molecular weight is 444 g/mol. The highest BCUT2D eigenvalue weighted by atomic mass is 19.4. The van der Waals surface area contributed by atoms with Gasteiger partial charge in [-0.05, 0) is 56.4 Å². The highest BCUT2D eigenvalue weighted by molar-refractivity contribution is 5.89. The third kappa shape index (κ3) is 11.0. The Morgan fingerprint density at radius 2 is 1.68 bits per heavy atom. The maximum atomic E-state index is 13.2. The third-order valence-electron chi connectivity index (χ3n) is 4.88. The fourth-order valence-electron chi connectivity index (χ4n) is 3.28. The molecule has 2 rings (SSSR count). The maximum Gasteiger partial charge on any atom is 0.416 e. The molecular formula is C22H31F3N2O4. The zero-order valence-electron chi connectivity index (χ0n) is 17.9. The first kappa shape index (κ1) is 26.6. The van der Waals surface area contributed by atoms with E-state index in [-0.39, 0.29) is 0 Å². The minimum atomic E-state index is -4.28. The summed E-state index contributed by atoms with van der Waals surface area (Å²) < 4.78 is 39.7. The van der Waals surface area contributed by atoms with Crippen molar-refractivity contribution in [2.24, 2.45) is 5.92 Å². The molecule has 0 saturated carbocycles. The quantitative estimate of drug-likeness (QED) is 0.525. The van der Waals surface area contributed by atoms with E-state index in [0.29, 0.717) is 36.2 Å². The van der Waals surface area contributed by atoms with Crippen molar-refractivity contribution < 1.29 is 33.0 Å². The van der Waals surface area contributed by atoms with Crippen LogP contribution in [0.3, 0.4) is 0 Å². The largest absolute Gasteiger partial charge is 0.478 e. The normalized spacial score (nSPS) is 15.2. The van der Waals surface area contributed by atoms with Crippen LogP contribution >= 0.6 is 0 Å². The maximum absolute atomic E-state index is 13.2. The van der Waals surface area contributed by atoms with Gasteiger partial charge in [0.05, 0.1) is 5.56 Å². The second-order valence-electron chi connectivity index (χ2n) is 7.80. The van der Waals surface area contributed by atoms with Crippen molar-refractivity contribution >= 4 is 11.9 Å². The molecule has 1 aliphatic heterocycles. The molecule has 1 aliphatic rings. The smallest absolute Gasteiger partial charge is 0.416 e. The van der Waals surface area contributed by atoms with Crippen LogP contribution in [0.1, 0.15) is 44.2 Å². The molecule has 31 heavy (non-hydrogen) atoms. The summed E-state index contributed by atoms with van der Waals surface area (Å²) in [4.78, 5) is 21.4. The highest BCUT2D eigenvalue weighted by Crippen LogP contribution is 2.33. The van der Waals surface area contributed by atoms with Crippen LogP contribution in [0.15, 0.2) is 36.4 Å². The molecule has 0 bridgehead atoms. The van der Waals surface area contributed by atoms with Crippen LogP contribution in [0.4, 0.5) is 13.2 Å². The molecule has 1 aromatic carbocycles. The number of nitrogens with one attached hydrogen (secondary N) is 1. The molecule has 0 aliphatic carbocycles. The van der Waals surface area contributed by atoms with E-state index in [1.165, 1.54) is 12.1 Å². The van der Waals surface area contributed by atoms with Gasteiger partial charge in [-0.3, -0.25) is 4.90 Å². The Balaban J connectivity index is 0.000000512. The van der Waals surface area contributed by atoms with Gasteiger partial charge in [0.1, 0.15) is 0 Å². The summed E-state index contributed by atoms with van der Waals surface area (Å²) >= 11 is 0. The molecule has 0 atom stereocenters. The van der Waals surface area contributed by atoms with E-state index in [1.807, 2.05) is 0 Å². The number of nitrogens with zero attached hydrogens (tertiary/aromatic N) is 1. The Kier molecular flexibility index (Phi) is 11.3. The molecule has 0 aromatic heterocycles. The molecule has 1 heterocycles. The van der Waals surface area contributed by atoms with E-state index >= 15 is 0 Å². The number of halogens is 3. The van der Waals surface area contributed by atoms with Gasteiger partial charge in [-0.25, -0.2) is 9.59 Å². The molecule has 0 unspecified atom stereocenters.